The molecule has 0 saturated heterocycles. The molecule has 1 heterocycles. The molecule has 1 aromatic heterocycles. The molecule has 2 aromatic rings. The highest BCUT2D eigenvalue weighted by atomic mass is 32.2. The first-order chi connectivity index (χ1) is 18.9. The van der Waals surface area contributed by atoms with Crippen LogP contribution in [0.4, 0.5) is 0 Å². The molecular weight excluding hydrogens is 538 g/mol. The Hall–Kier alpha value is -3.58. The molecule has 4 atom stereocenters. The minimum absolute atomic E-state index is 0.0202. The molecule has 0 spiro atoms. The zero-order valence-corrected chi connectivity index (χ0v) is 23.8. The highest BCUT2D eigenvalue weighted by Gasteiger charge is 2.31. The summed E-state index contributed by atoms with van der Waals surface area (Å²) < 4.78 is 0. The summed E-state index contributed by atoms with van der Waals surface area (Å²) >= 11 is 1.44. The van der Waals surface area contributed by atoms with Gasteiger partial charge in [0.25, 0.3) is 0 Å². The Kier molecular flexibility index (Phi) is 12.9. The van der Waals surface area contributed by atoms with Gasteiger partial charge in [0.05, 0.1) is 6.04 Å². The van der Waals surface area contributed by atoms with E-state index in [1.54, 1.807) is 6.20 Å². The summed E-state index contributed by atoms with van der Waals surface area (Å²) in [6, 6.07) is 3.22. The van der Waals surface area contributed by atoms with Crippen LogP contribution in [-0.4, -0.2) is 81.0 Å². The van der Waals surface area contributed by atoms with Crippen molar-refractivity contribution in [1.29, 1.82) is 0 Å². The smallest absolute Gasteiger partial charge is 0.326 e. The van der Waals surface area contributed by atoms with E-state index in [-0.39, 0.29) is 31.6 Å². The molecule has 220 valence electrons. The van der Waals surface area contributed by atoms with Crippen molar-refractivity contribution in [2.45, 2.75) is 70.1 Å². The van der Waals surface area contributed by atoms with E-state index in [0.717, 1.165) is 16.5 Å². The fourth-order valence-corrected chi connectivity index (χ4v) is 4.66. The first-order valence-electron chi connectivity index (χ1n) is 13.1. The normalized spacial score (nSPS) is 14.2. The molecule has 0 aliphatic rings. The summed E-state index contributed by atoms with van der Waals surface area (Å²) in [5.41, 5.74) is 7.99. The summed E-state index contributed by atoms with van der Waals surface area (Å²) in [7, 11) is 0. The number of carbonyl (C=O) groups excluding carboxylic acids is 3. The second-order valence-electron chi connectivity index (χ2n) is 10.0. The van der Waals surface area contributed by atoms with E-state index < -0.39 is 60.2 Å². The first kappa shape index (κ1) is 32.6. The maximum Gasteiger partial charge on any atom is 0.326 e. The van der Waals surface area contributed by atoms with Crippen LogP contribution in [0.2, 0.25) is 0 Å². The zero-order valence-electron chi connectivity index (χ0n) is 22.9. The largest absolute Gasteiger partial charge is 0.481 e. The van der Waals surface area contributed by atoms with Gasteiger partial charge in [-0.3, -0.25) is 19.2 Å². The van der Waals surface area contributed by atoms with Gasteiger partial charge in [-0.2, -0.15) is 11.8 Å². The van der Waals surface area contributed by atoms with Gasteiger partial charge < -0.3 is 36.9 Å². The third kappa shape index (κ3) is 10.2. The van der Waals surface area contributed by atoms with Crippen molar-refractivity contribution in [3.63, 3.8) is 0 Å². The van der Waals surface area contributed by atoms with Crippen molar-refractivity contribution in [1.82, 2.24) is 20.9 Å². The zero-order chi connectivity index (χ0) is 29.8. The molecule has 2 rings (SSSR count). The van der Waals surface area contributed by atoms with Crippen LogP contribution in [0.1, 0.15) is 45.1 Å². The summed E-state index contributed by atoms with van der Waals surface area (Å²) in [4.78, 5) is 64.8. The molecule has 1 aromatic carbocycles. The van der Waals surface area contributed by atoms with Crippen molar-refractivity contribution in [2.24, 2.45) is 11.7 Å². The number of nitrogens with two attached hydrogens (primary N) is 1. The number of carboxylic acid groups (broad SMARTS) is 2. The highest BCUT2D eigenvalue weighted by molar-refractivity contribution is 7.98. The monoisotopic (exact) mass is 577 g/mol. The number of hydrogen-bond donors (Lipinski definition) is 7. The number of aliphatic carboxylic acids is 2. The van der Waals surface area contributed by atoms with Crippen LogP contribution in [-0.2, 0) is 30.4 Å². The number of para-hydroxylation sites is 1. The van der Waals surface area contributed by atoms with Gasteiger partial charge in [-0.15, -0.1) is 0 Å². The molecule has 0 aliphatic carbocycles. The lowest BCUT2D eigenvalue weighted by molar-refractivity contribution is -0.143. The predicted octanol–water partition coefficient (Wildman–Crippen LogP) is 1.24. The van der Waals surface area contributed by atoms with Crippen LogP contribution >= 0.6 is 11.8 Å². The first-order valence-corrected chi connectivity index (χ1v) is 14.5. The molecule has 0 saturated carbocycles. The van der Waals surface area contributed by atoms with E-state index in [1.807, 2.05) is 44.4 Å². The number of H-pyrrole nitrogens is 1. The summed E-state index contributed by atoms with van der Waals surface area (Å²) in [6.07, 6.45) is 3.60. The number of aromatic nitrogens is 1. The van der Waals surface area contributed by atoms with Gasteiger partial charge >= 0.3 is 11.9 Å². The van der Waals surface area contributed by atoms with Crippen LogP contribution in [0.25, 0.3) is 10.9 Å². The molecule has 0 bridgehead atoms. The number of thioether (sulfide) groups is 1. The Morgan fingerprint density at radius 3 is 2.17 bits per heavy atom. The average Bonchev–Trinajstić information content (AvgIpc) is 3.30. The maximum absolute atomic E-state index is 13.3. The van der Waals surface area contributed by atoms with Crippen LogP contribution in [0.15, 0.2) is 30.5 Å². The molecule has 0 aliphatic heterocycles. The number of carbonyl (C=O) groups is 5. The number of carboxylic acids is 2. The minimum Gasteiger partial charge on any atom is -0.481 e. The summed E-state index contributed by atoms with van der Waals surface area (Å²) in [5, 5.41) is 26.9. The van der Waals surface area contributed by atoms with E-state index in [0.29, 0.717) is 5.75 Å². The molecular formula is C27H39N5O7S. The van der Waals surface area contributed by atoms with Gasteiger partial charge in [0.2, 0.25) is 17.7 Å². The standard InChI is InChI=1S/C27H39N5O7S/c1-15(2)12-22(32-24(35)18(28)13-16-14-29-19-7-5-4-6-17(16)19)26(37)30-20(10-11-40-3)25(36)31-21(27(38)39)8-9-23(33)34/h4-7,14-15,18,20-22,29H,8-13,28H2,1-3H3,(H,30,37)(H,31,36)(H,32,35)(H,33,34)(H,38,39). The van der Waals surface area contributed by atoms with E-state index in [2.05, 4.69) is 20.9 Å². The molecule has 3 amide bonds. The van der Waals surface area contributed by atoms with Crippen LogP contribution in [0, 0.1) is 5.92 Å². The molecule has 0 fully saturated rings. The predicted molar refractivity (Wildman–Crippen MR) is 153 cm³/mol. The van der Waals surface area contributed by atoms with E-state index >= 15 is 0 Å². The Labute approximate surface area is 237 Å². The van der Waals surface area contributed by atoms with Crippen LogP contribution in [0.5, 0.6) is 0 Å². The minimum atomic E-state index is -1.43. The van der Waals surface area contributed by atoms with Crippen molar-refractivity contribution in [3.8, 4) is 0 Å². The number of amides is 3. The second kappa shape index (κ2) is 15.9. The number of rotatable bonds is 17. The fourth-order valence-electron chi connectivity index (χ4n) is 4.19. The maximum atomic E-state index is 13.3. The molecule has 40 heavy (non-hydrogen) atoms. The highest BCUT2D eigenvalue weighted by Crippen LogP contribution is 2.19. The topological polar surface area (TPSA) is 204 Å². The molecule has 12 nitrogen and oxygen atoms in total. The lowest BCUT2D eigenvalue weighted by Crippen LogP contribution is -2.57. The van der Waals surface area contributed by atoms with Crippen molar-refractivity contribution < 1.29 is 34.2 Å². The van der Waals surface area contributed by atoms with Crippen molar-refractivity contribution in [2.75, 3.05) is 12.0 Å². The summed E-state index contributed by atoms with van der Waals surface area (Å²) in [5.74, 6) is -3.92. The third-order valence-corrected chi connectivity index (χ3v) is 6.94. The van der Waals surface area contributed by atoms with Gasteiger partial charge in [-0.25, -0.2) is 4.79 Å². The third-order valence-electron chi connectivity index (χ3n) is 6.30. The quantitative estimate of drug-likeness (QED) is 0.144. The van der Waals surface area contributed by atoms with Gasteiger partial charge in [0.15, 0.2) is 0 Å². The number of fused-ring (bicyclic) bond motifs is 1. The molecule has 0 radical (unpaired) electrons. The Bertz CT molecular complexity index is 1180. The molecule has 4 unspecified atom stereocenters. The average molecular weight is 578 g/mol. The summed E-state index contributed by atoms with van der Waals surface area (Å²) in [6.45, 7) is 3.77. The Morgan fingerprint density at radius 1 is 0.925 bits per heavy atom. The Morgan fingerprint density at radius 2 is 1.55 bits per heavy atom. The van der Waals surface area contributed by atoms with E-state index in [4.69, 9.17) is 10.8 Å². The fraction of sp³-hybridized carbons (Fsp3) is 0.519. The van der Waals surface area contributed by atoms with Gasteiger partial charge in [0.1, 0.15) is 18.1 Å². The van der Waals surface area contributed by atoms with Gasteiger partial charge in [-0.1, -0.05) is 32.0 Å². The van der Waals surface area contributed by atoms with Crippen LogP contribution in [0.3, 0.4) is 0 Å². The number of nitrogens with one attached hydrogen (secondary N) is 4. The number of aromatic amines is 1. The number of hydrogen-bond acceptors (Lipinski definition) is 7. The van der Waals surface area contributed by atoms with Gasteiger partial charge in [-0.05, 0) is 55.2 Å². The number of benzene rings is 1. The van der Waals surface area contributed by atoms with Crippen LogP contribution < -0.4 is 21.7 Å². The lowest BCUT2D eigenvalue weighted by Gasteiger charge is -2.26. The SMILES string of the molecule is CSCCC(NC(=O)C(CC(C)C)NC(=O)C(N)Cc1c[nH]c2ccccc12)C(=O)NC(CCC(=O)O)C(=O)O. The lowest BCUT2D eigenvalue weighted by atomic mass is 10.0. The van der Waals surface area contributed by atoms with Crippen molar-refractivity contribution in [3.05, 3.63) is 36.0 Å². The van der Waals surface area contributed by atoms with E-state index in [1.165, 1.54) is 11.8 Å². The Balaban J connectivity index is 2.11. The van der Waals surface area contributed by atoms with Gasteiger partial charge in [0, 0.05) is 23.5 Å². The molecule has 13 heteroatoms. The van der Waals surface area contributed by atoms with E-state index in [9.17, 15) is 29.1 Å². The molecule has 8 N–H and O–H groups in total. The van der Waals surface area contributed by atoms with Crippen molar-refractivity contribution >= 4 is 52.3 Å². The second-order valence-corrected chi connectivity index (χ2v) is 11.0.